The van der Waals surface area contributed by atoms with E-state index in [1.165, 1.54) is 7.11 Å². The molecular weight excluding hydrogens is 755 g/mol. The second-order valence-corrected chi connectivity index (χ2v) is 17.4. The van der Waals surface area contributed by atoms with Crippen LogP contribution in [0.1, 0.15) is 105 Å². The number of carboxylic acid groups (broad SMARTS) is 1. The highest BCUT2D eigenvalue weighted by Gasteiger charge is 2.43. The van der Waals surface area contributed by atoms with Crippen LogP contribution in [0.25, 0.3) is 0 Å². The van der Waals surface area contributed by atoms with Crippen molar-refractivity contribution < 1.29 is 48.1 Å². The van der Waals surface area contributed by atoms with E-state index < -0.39 is 54.0 Å². The van der Waals surface area contributed by atoms with Gasteiger partial charge in [-0.15, -0.1) is 0 Å². The maximum Gasteiger partial charge on any atom is 0.309 e. The van der Waals surface area contributed by atoms with Crippen LogP contribution in [0.4, 0.5) is 0 Å². The van der Waals surface area contributed by atoms with Crippen molar-refractivity contribution in [1.29, 1.82) is 0 Å². The number of likely N-dealkylation sites (N-methyl/N-ethyl adjacent to an activating group) is 2. The number of carbonyl (C=O) groups is 6. The summed E-state index contributed by atoms with van der Waals surface area (Å²) in [5.74, 6) is -4.00. The number of ether oxygens (including phenoxy) is 3. The van der Waals surface area contributed by atoms with E-state index in [0.717, 1.165) is 12.0 Å². The number of hydrogen-bond donors (Lipinski definition) is 1. The maximum absolute atomic E-state index is 14.5. The van der Waals surface area contributed by atoms with Crippen molar-refractivity contribution in [2.45, 2.75) is 137 Å². The van der Waals surface area contributed by atoms with E-state index in [1.807, 2.05) is 83.8 Å². The number of benzene rings is 1. The Morgan fingerprint density at radius 2 is 1.51 bits per heavy atom. The third kappa shape index (κ3) is 14.8. The van der Waals surface area contributed by atoms with Crippen LogP contribution in [0.15, 0.2) is 30.3 Å². The predicted molar refractivity (Wildman–Crippen MR) is 227 cm³/mol. The first-order valence-electron chi connectivity index (χ1n) is 21.6. The van der Waals surface area contributed by atoms with Crippen LogP contribution in [0.2, 0.25) is 0 Å². The number of carbonyl (C=O) groups excluding carboxylic acids is 5. The van der Waals surface area contributed by atoms with Crippen LogP contribution >= 0.6 is 0 Å². The van der Waals surface area contributed by atoms with Crippen molar-refractivity contribution in [3.05, 3.63) is 35.9 Å². The number of rotatable bonds is 27. The summed E-state index contributed by atoms with van der Waals surface area (Å²) in [5.41, 5.74) is 0.928. The van der Waals surface area contributed by atoms with Crippen LogP contribution in [-0.2, 0) is 49.4 Å². The number of aliphatic carboxylic acids is 1. The van der Waals surface area contributed by atoms with Gasteiger partial charge in [0.25, 0.3) is 0 Å². The SMILES string of the molecule is CC[C@H](C)[C@@H]([C@@H](CC(=O)N1CCC[C@H]1[C@H](OC)[C@@H](C)C(=O)C[C@@H](Cc1ccccc1)C(=O)OC)OC)N(C)C(=O)[C@@H](CC(=O)[C@H](C(C)C)N(C)CCCC(=O)O)C(C)C. The van der Waals surface area contributed by atoms with Gasteiger partial charge in [0, 0.05) is 58.9 Å². The molecule has 1 aliphatic heterocycles. The van der Waals surface area contributed by atoms with Gasteiger partial charge in [-0.2, -0.15) is 0 Å². The molecule has 0 saturated carbocycles. The molecule has 1 heterocycles. The first-order chi connectivity index (χ1) is 27.8. The third-order valence-electron chi connectivity index (χ3n) is 12.5. The van der Waals surface area contributed by atoms with Gasteiger partial charge in [-0.05, 0) is 62.6 Å². The molecule has 1 aromatic rings. The van der Waals surface area contributed by atoms with E-state index >= 15 is 0 Å². The minimum Gasteiger partial charge on any atom is -0.481 e. The first kappa shape index (κ1) is 51.5. The van der Waals surface area contributed by atoms with Gasteiger partial charge in [0.2, 0.25) is 11.8 Å². The summed E-state index contributed by atoms with van der Waals surface area (Å²) < 4.78 is 17.1. The molecule has 2 rings (SSSR count). The number of ketones is 2. The zero-order valence-corrected chi connectivity index (χ0v) is 38.0. The van der Waals surface area contributed by atoms with E-state index in [2.05, 4.69) is 0 Å². The molecule has 0 aromatic heterocycles. The monoisotopic (exact) mass is 830 g/mol. The van der Waals surface area contributed by atoms with Gasteiger partial charge >= 0.3 is 11.9 Å². The average Bonchev–Trinajstić information content (AvgIpc) is 3.68. The summed E-state index contributed by atoms with van der Waals surface area (Å²) in [6, 6.07) is 8.19. The van der Waals surface area contributed by atoms with Gasteiger partial charge in [-0.3, -0.25) is 33.7 Å². The highest BCUT2D eigenvalue weighted by molar-refractivity contribution is 5.90. The van der Waals surface area contributed by atoms with Crippen molar-refractivity contribution in [2.75, 3.05) is 48.5 Å². The van der Waals surface area contributed by atoms with E-state index in [0.29, 0.717) is 38.8 Å². The summed E-state index contributed by atoms with van der Waals surface area (Å²) in [4.78, 5) is 85.8. The minimum absolute atomic E-state index is 0.00170. The van der Waals surface area contributed by atoms with Crippen molar-refractivity contribution in [3.8, 4) is 0 Å². The molecule has 1 N–H and O–H groups in total. The molecule has 59 heavy (non-hydrogen) atoms. The van der Waals surface area contributed by atoms with Gasteiger partial charge in [0.15, 0.2) is 5.78 Å². The van der Waals surface area contributed by atoms with E-state index in [1.54, 1.807) is 38.0 Å². The zero-order valence-electron chi connectivity index (χ0n) is 38.0. The highest BCUT2D eigenvalue weighted by Crippen LogP contribution is 2.32. The lowest BCUT2D eigenvalue weighted by Crippen LogP contribution is -2.54. The molecule has 1 aromatic carbocycles. The van der Waals surface area contributed by atoms with Crippen molar-refractivity contribution in [1.82, 2.24) is 14.7 Å². The van der Waals surface area contributed by atoms with Gasteiger partial charge in [0.1, 0.15) is 5.78 Å². The van der Waals surface area contributed by atoms with Crippen LogP contribution in [0, 0.1) is 35.5 Å². The Hall–Kier alpha value is -3.68. The molecule has 0 aliphatic carbocycles. The van der Waals surface area contributed by atoms with Gasteiger partial charge in [-0.1, -0.05) is 85.2 Å². The summed E-state index contributed by atoms with van der Waals surface area (Å²) in [6.45, 7) is 14.6. The van der Waals surface area contributed by atoms with Crippen LogP contribution in [0.5, 0.6) is 0 Å². The van der Waals surface area contributed by atoms with Crippen LogP contribution in [0.3, 0.4) is 0 Å². The van der Waals surface area contributed by atoms with Crippen molar-refractivity contribution in [3.63, 3.8) is 0 Å². The Kier molecular flexibility index (Phi) is 22.0. The average molecular weight is 830 g/mol. The number of carboxylic acids is 1. The summed E-state index contributed by atoms with van der Waals surface area (Å²) in [6.07, 6.45) is 1.65. The summed E-state index contributed by atoms with van der Waals surface area (Å²) in [7, 11) is 7.98. The molecule has 13 nitrogen and oxygen atoms in total. The van der Waals surface area contributed by atoms with E-state index in [4.69, 9.17) is 19.3 Å². The highest BCUT2D eigenvalue weighted by atomic mass is 16.5. The number of amides is 2. The fourth-order valence-electron chi connectivity index (χ4n) is 9.03. The Bertz CT molecular complexity index is 1500. The lowest BCUT2D eigenvalue weighted by molar-refractivity contribution is -0.150. The molecule has 9 atom stereocenters. The smallest absolute Gasteiger partial charge is 0.309 e. The van der Waals surface area contributed by atoms with E-state index in [9.17, 15) is 28.8 Å². The summed E-state index contributed by atoms with van der Waals surface area (Å²) >= 11 is 0. The second kappa shape index (κ2) is 25.2. The minimum atomic E-state index is -0.881. The van der Waals surface area contributed by atoms with Gasteiger partial charge in [0.05, 0.1) is 49.8 Å². The zero-order chi connectivity index (χ0) is 44.6. The predicted octanol–water partition coefficient (Wildman–Crippen LogP) is 5.95. The van der Waals surface area contributed by atoms with Crippen molar-refractivity contribution in [2.24, 2.45) is 35.5 Å². The molecular formula is C46H75N3O10. The number of hydrogen-bond acceptors (Lipinski definition) is 10. The molecule has 0 unspecified atom stereocenters. The van der Waals surface area contributed by atoms with Crippen LogP contribution in [-0.4, -0.2) is 134 Å². The molecule has 13 heteroatoms. The summed E-state index contributed by atoms with van der Waals surface area (Å²) in [5, 5.41) is 9.11. The Morgan fingerprint density at radius 3 is 2.03 bits per heavy atom. The quantitative estimate of drug-likeness (QED) is 0.104. The Balaban J connectivity index is 2.28. The lowest BCUT2D eigenvalue weighted by Gasteiger charge is -2.41. The molecule has 0 bridgehead atoms. The first-order valence-corrected chi connectivity index (χ1v) is 21.6. The molecule has 2 amide bonds. The lowest BCUT2D eigenvalue weighted by atomic mass is 9.83. The van der Waals surface area contributed by atoms with Crippen molar-refractivity contribution >= 4 is 35.3 Å². The fourth-order valence-corrected chi connectivity index (χ4v) is 9.03. The molecule has 1 aliphatic rings. The van der Waals surface area contributed by atoms with Gasteiger partial charge in [-0.25, -0.2) is 0 Å². The fraction of sp³-hybridized carbons (Fsp3) is 0.739. The number of likely N-dealkylation sites (tertiary alicyclic amines) is 1. The van der Waals surface area contributed by atoms with Crippen LogP contribution < -0.4 is 0 Å². The number of methoxy groups -OCH3 is 3. The topological polar surface area (TPSA) is 160 Å². The molecule has 334 valence electrons. The maximum atomic E-state index is 14.5. The number of Topliss-reactive ketones (excluding diaryl/α,β-unsaturated/α-hetero) is 2. The van der Waals surface area contributed by atoms with Gasteiger partial charge < -0.3 is 29.1 Å². The third-order valence-corrected chi connectivity index (χ3v) is 12.5. The number of esters is 1. The molecule has 0 spiro atoms. The number of nitrogens with zero attached hydrogens (tertiary/aromatic N) is 3. The second-order valence-electron chi connectivity index (χ2n) is 17.4. The normalized spacial score (nSPS) is 18.5. The largest absolute Gasteiger partial charge is 0.481 e. The molecule has 1 fully saturated rings. The standard InChI is InChI=1S/C46H75N3O10/c1-13-31(6)43(48(9)45(55)35(29(2)3)27-38(51)42(30(4)5)47(8)23-18-22-41(53)54)39(57-10)28-40(52)49-24-17-21-36(49)44(58-11)32(7)37(50)26-34(46(56)59-12)25-33-19-15-14-16-20-33/h14-16,19-20,29-32,34-36,39,42-44H,13,17-18,21-28H2,1-12H3,(H,53,54)/t31-,32-,34+,35-,36-,39+,42-,43-,44+/m0/s1. The Morgan fingerprint density at radius 1 is 0.864 bits per heavy atom. The molecule has 1 saturated heterocycles. The van der Waals surface area contributed by atoms with E-state index in [-0.39, 0.29) is 72.9 Å². The Labute approximate surface area is 353 Å². The molecule has 0 radical (unpaired) electrons.